The summed E-state index contributed by atoms with van der Waals surface area (Å²) in [6.45, 7) is 0. The maximum Gasteiger partial charge on any atom is 0.00409 e. The Morgan fingerprint density at radius 1 is 0.812 bits per heavy atom. The monoisotopic (exact) mass is 244 g/mol. The molecule has 0 atom stereocenters. The minimum absolute atomic E-state index is 0.311. The number of benzene rings is 2. The van der Waals surface area contributed by atoms with Crippen LogP contribution in [0.5, 0.6) is 0 Å². The second-order valence-corrected chi connectivity index (χ2v) is 6.04. The van der Waals surface area contributed by atoms with E-state index >= 15 is 0 Å². The van der Waals surface area contributed by atoms with Crippen LogP contribution >= 0.6 is 20.1 Å². The first-order valence-corrected chi connectivity index (χ1v) is 7.23. The Kier molecular flexibility index (Phi) is 4.21. The van der Waals surface area contributed by atoms with Crippen molar-refractivity contribution in [2.24, 2.45) is 0 Å². The fraction of sp³-hybridized carbons (Fsp3) is 0.0714. The molecule has 2 heteroatoms. The van der Waals surface area contributed by atoms with Gasteiger partial charge in [-0.3, -0.25) is 0 Å². The van der Waals surface area contributed by atoms with E-state index in [1.807, 2.05) is 5.37 Å². The fourth-order valence-corrected chi connectivity index (χ4v) is 4.03. The molecule has 0 fully saturated rings. The summed E-state index contributed by atoms with van der Waals surface area (Å²) in [6.07, 6.45) is 0.971. The zero-order chi connectivity index (χ0) is 11.2. The largest absolute Gasteiger partial charge is 0.0931 e. The van der Waals surface area contributed by atoms with Gasteiger partial charge in [0.25, 0.3) is 0 Å². The zero-order valence-electron chi connectivity index (χ0n) is 8.91. The van der Waals surface area contributed by atoms with E-state index in [0.29, 0.717) is 0 Å². The van der Waals surface area contributed by atoms with Crippen LogP contribution in [0.15, 0.2) is 60.7 Å². The highest BCUT2D eigenvalue weighted by Gasteiger charge is 2.10. The molecule has 0 aliphatic rings. The Hall–Kier alpha value is -1.04. The summed E-state index contributed by atoms with van der Waals surface area (Å²) in [5.74, 6) is 0. The molecule has 16 heavy (non-hydrogen) atoms. The van der Waals surface area contributed by atoms with Gasteiger partial charge in [0, 0.05) is 6.16 Å². The first kappa shape index (κ1) is 11.4. The molecular weight excluding hydrogens is 231 g/mol. The SMILES string of the molecule is S=CCP(c1ccccc1)c1ccccc1. The van der Waals surface area contributed by atoms with Crippen LogP contribution in [0.4, 0.5) is 0 Å². The molecule has 0 unspecified atom stereocenters. The molecule has 2 aromatic rings. The van der Waals surface area contributed by atoms with Crippen LogP contribution in [-0.4, -0.2) is 11.5 Å². The van der Waals surface area contributed by atoms with Gasteiger partial charge in [-0.1, -0.05) is 72.9 Å². The quantitative estimate of drug-likeness (QED) is 0.588. The van der Waals surface area contributed by atoms with Crippen molar-refractivity contribution in [3.8, 4) is 0 Å². The summed E-state index contributed by atoms with van der Waals surface area (Å²) in [4.78, 5) is 0. The van der Waals surface area contributed by atoms with Crippen LogP contribution in [0.25, 0.3) is 0 Å². The van der Waals surface area contributed by atoms with Gasteiger partial charge in [-0.25, -0.2) is 0 Å². The first-order valence-electron chi connectivity index (χ1n) is 5.23. The van der Waals surface area contributed by atoms with E-state index in [2.05, 4.69) is 60.7 Å². The molecule has 2 rings (SSSR count). The fourth-order valence-electron chi connectivity index (χ4n) is 1.65. The second kappa shape index (κ2) is 5.89. The average molecular weight is 244 g/mol. The van der Waals surface area contributed by atoms with E-state index in [1.165, 1.54) is 10.6 Å². The predicted octanol–water partition coefficient (Wildman–Crippen LogP) is 3.12. The Morgan fingerprint density at radius 2 is 1.25 bits per heavy atom. The number of rotatable bonds is 4. The van der Waals surface area contributed by atoms with Gasteiger partial charge in [0.15, 0.2) is 0 Å². The van der Waals surface area contributed by atoms with Gasteiger partial charge in [-0.2, -0.15) is 0 Å². The van der Waals surface area contributed by atoms with E-state index in [9.17, 15) is 0 Å². The molecule has 0 aromatic heterocycles. The van der Waals surface area contributed by atoms with Crippen molar-refractivity contribution >= 4 is 36.1 Å². The molecular formula is C14H13PS. The number of hydrogen-bond acceptors (Lipinski definition) is 1. The van der Waals surface area contributed by atoms with Crippen molar-refractivity contribution in [2.45, 2.75) is 0 Å². The maximum atomic E-state index is 5.02. The van der Waals surface area contributed by atoms with Crippen molar-refractivity contribution < 1.29 is 0 Å². The topological polar surface area (TPSA) is 0 Å². The Balaban J connectivity index is 2.35. The smallest absolute Gasteiger partial charge is 0.00409 e. The highest BCUT2D eigenvalue weighted by atomic mass is 32.1. The summed E-state index contributed by atoms with van der Waals surface area (Å²) in [7, 11) is -0.311. The van der Waals surface area contributed by atoms with Crippen molar-refractivity contribution in [2.75, 3.05) is 6.16 Å². The van der Waals surface area contributed by atoms with Gasteiger partial charge in [-0.15, -0.1) is 0 Å². The van der Waals surface area contributed by atoms with Crippen molar-refractivity contribution in [1.82, 2.24) is 0 Å². The lowest BCUT2D eigenvalue weighted by Gasteiger charge is -2.16. The third-order valence-corrected chi connectivity index (χ3v) is 5.20. The third-order valence-electron chi connectivity index (χ3n) is 2.39. The summed E-state index contributed by atoms with van der Waals surface area (Å²) in [6, 6.07) is 21.3. The summed E-state index contributed by atoms with van der Waals surface area (Å²) >= 11 is 5.02. The first-order chi connectivity index (χ1) is 7.92. The lowest BCUT2D eigenvalue weighted by atomic mass is 10.4. The molecule has 0 bridgehead atoms. The molecule has 0 spiro atoms. The summed E-state index contributed by atoms with van der Waals surface area (Å²) in [5.41, 5.74) is 0. The van der Waals surface area contributed by atoms with E-state index in [1.54, 1.807) is 0 Å². The molecule has 0 saturated carbocycles. The van der Waals surface area contributed by atoms with Gasteiger partial charge < -0.3 is 0 Å². The minimum Gasteiger partial charge on any atom is -0.0931 e. The van der Waals surface area contributed by atoms with Crippen LogP contribution in [0.1, 0.15) is 0 Å². The van der Waals surface area contributed by atoms with Crippen LogP contribution in [0.3, 0.4) is 0 Å². The second-order valence-electron chi connectivity index (χ2n) is 3.45. The van der Waals surface area contributed by atoms with Crippen molar-refractivity contribution in [3.63, 3.8) is 0 Å². The van der Waals surface area contributed by atoms with Gasteiger partial charge in [0.1, 0.15) is 0 Å². The van der Waals surface area contributed by atoms with E-state index in [0.717, 1.165) is 6.16 Å². The standard InChI is InChI=1S/C14H13PS/c16-12-11-15(13-7-3-1-4-8-13)14-9-5-2-6-10-14/h1-10,12H,11H2. The molecule has 0 heterocycles. The zero-order valence-corrected chi connectivity index (χ0v) is 10.6. The molecule has 0 radical (unpaired) electrons. The number of hydrogen-bond donors (Lipinski definition) is 0. The molecule has 0 saturated heterocycles. The molecule has 0 nitrogen and oxygen atoms in total. The molecule has 0 amide bonds. The molecule has 0 aliphatic carbocycles. The molecule has 2 aromatic carbocycles. The maximum absolute atomic E-state index is 5.02. The van der Waals surface area contributed by atoms with Crippen LogP contribution < -0.4 is 10.6 Å². The van der Waals surface area contributed by atoms with Crippen molar-refractivity contribution in [1.29, 1.82) is 0 Å². The normalized spacial score (nSPS) is 10.3. The lowest BCUT2D eigenvalue weighted by Crippen LogP contribution is -2.13. The van der Waals surface area contributed by atoms with Crippen molar-refractivity contribution in [3.05, 3.63) is 60.7 Å². The van der Waals surface area contributed by atoms with Crippen LogP contribution in [-0.2, 0) is 0 Å². The average Bonchev–Trinajstić information content (AvgIpc) is 2.38. The highest BCUT2D eigenvalue weighted by molar-refractivity contribution is 7.81. The number of thiocarbonyl (C=S) groups is 1. The predicted molar refractivity (Wildman–Crippen MR) is 77.6 cm³/mol. The molecule has 0 N–H and O–H groups in total. The van der Waals surface area contributed by atoms with Gasteiger partial charge in [0.05, 0.1) is 0 Å². The Labute approximate surface area is 103 Å². The van der Waals surface area contributed by atoms with Crippen LogP contribution in [0.2, 0.25) is 0 Å². The van der Waals surface area contributed by atoms with E-state index in [4.69, 9.17) is 12.2 Å². The highest BCUT2D eigenvalue weighted by Crippen LogP contribution is 2.31. The van der Waals surface area contributed by atoms with Gasteiger partial charge >= 0.3 is 0 Å². The van der Waals surface area contributed by atoms with Gasteiger partial charge in [-0.05, 0) is 23.9 Å². The lowest BCUT2D eigenvalue weighted by molar-refractivity contribution is 1.74. The van der Waals surface area contributed by atoms with E-state index < -0.39 is 0 Å². The molecule has 80 valence electrons. The summed E-state index contributed by atoms with van der Waals surface area (Å²) < 4.78 is 0. The third kappa shape index (κ3) is 2.75. The Morgan fingerprint density at radius 3 is 1.62 bits per heavy atom. The summed E-state index contributed by atoms with van der Waals surface area (Å²) in [5, 5.41) is 4.64. The van der Waals surface area contributed by atoms with Gasteiger partial charge in [0.2, 0.25) is 0 Å². The van der Waals surface area contributed by atoms with Crippen LogP contribution in [0, 0.1) is 0 Å². The minimum atomic E-state index is -0.311. The van der Waals surface area contributed by atoms with E-state index in [-0.39, 0.29) is 7.92 Å². The molecule has 0 aliphatic heterocycles. The Bertz CT molecular complexity index is 399.